The summed E-state index contributed by atoms with van der Waals surface area (Å²) in [7, 11) is 0. The largest absolute Gasteiger partial charge is 0.384 e. The zero-order valence-electron chi connectivity index (χ0n) is 10.2. The zero-order chi connectivity index (χ0) is 11.9. The molecule has 1 unspecified atom stereocenters. The molecule has 1 aromatic carbocycles. The van der Waals surface area contributed by atoms with Crippen LogP contribution >= 0.6 is 0 Å². The Hall–Kier alpha value is -0.860. The van der Waals surface area contributed by atoms with E-state index in [1.165, 1.54) is 24.8 Å². The SMILES string of the molecule is NCC(O)(c1cccc(C2CCC2)c1)C1CC1. The van der Waals surface area contributed by atoms with Crippen LogP contribution in [0.15, 0.2) is 24.3 Å². The lowest BCUT2D eigenvalue weighted by Crippen LogP contribution is -2.37. The molecule has 1 aromatic rings. The zero-order valence-corrected chi connectivity index (χ0v) is 10.2. The molecule has 3 N–H and O–H groups in total. The van der Waals surface area contributed by atoms with Gasteiger partial charge in [0.25, 0.3) is 0 Å². The number of benzene rings is 1. The summed E-state index contributed by atoms with van der Waals surface area (Å²) in [4.78, 5) is 0. The van der Waals surface area contributed by atoms with Gasteiger partial charge in [-0.25, -0.2) is 0 Å². The second-order valence-corrected chi connectivity index (χ2v) is 5.66. The Labute approximate surface area is 103 Å². The van der Waals surface area contributed by atoms with Crippen LogP contribution in [0.3, 0.4) is 0 Å². The van der Waals surface area contributed by atoms with Crippen LogP contribution in [0.25, 0.3) is 0 Å². The van der Waals surface area contributed by atoms with Crippen LogP contribution in [0, 0.1) is 5.92 Å². The molecule has 0 amide bonds. The second-order valence-electron chi connectivity index (χ2n) is 5.66. The van der Waals surface area contributed by atoms with Gasteiger partial charge in [0.15, 0.2) is 0 Å². The minimum atomic E-state index is -0.778. The van der Waals surface area contributed by atoms with Gasteiger partial charge >= 0.3 is 0 Å². The summed E-state index contributed by atoms with van der Waals surface area (Å²) < 4.78 is 0. The van der Waals surface area contributed by atoms with Gasteiger partial charge in [0, 0.05) is 6.54 Å². The van der Waals surface area contributed by atoms with Gasteiger partial charge in [0.1, 0.15) is 5.60 Å². The first-order chi connectivity index (χ1) is 8.24. The average Bonchev–Trinajstić information content (AvgIpc) is 3.10. The topological polar surface area (TPSA) is 46.2 Å². The molecule has 2 saturated carbocycles. The van der Waals surface area contributed by atoms with E-state index >= 15 is 0 Å². The third kappa shape index (κ3) is 1.90. The van der Waals surface area contributed by atoms with Crippen molar-refractivity contribution in [3.05, 3.63) is 35.4 Å². The molecule has 2 nitrogen and oxygen atoms in total. The van der Waals surface area contributed by atoms with Crippen LogP contribution in [-0.4, -0.2) is 11.7 Å². The molecular weight excluding hydrogens is 210 g/mol. The van der Waals surface area contributed by atoms with Crippen molar-refractivity contribution in [1.82, 2.24) is 0 Å². The predicted octanol–water partition coefficient (Wildman–Crippen LogP) is 2.51. The lowest BCUT2D eigenvalue weighted by molar-refractivity contribution is 0.0221. The number of rotatable bonds is 4. The van der Waals surface area contributed by atoms with Crippen molar-refractivity contribution in [3.8, 4) is 0 Å². The van der Waals surface area contributed by atoms with Crippen LogP contribution in [0.5, 0.6) is 0 Å². The Morgan fingerprint density at radius 3 is 2.53 bits per heavy atom. The van der Waals surface area contributed by atoms with Gasteiger partial charge in [-0.3, -0.25) is 0 Å². The molecule has 0 bridgehead atoms. The predicted molar refractivity (Wildman–Crippen MR) is 68.7 cm³/mol. The lowest BCUT2D eigenvalue weighted by atomic mass is 9.78. The number of hydrogen-bond donors (Lipinski definition) is 2. The van der Waals surface area contributed by atoms with E-state index in [1.54, 1.807) is 0 Å². The van der Waals surface area contributed by atoms with Gasteiger partial charge in [0.05, 0.1) is 0 Å². The maximum atomic E-state index is 10.7. The number of hydrogen-bond acceptors (Lipinski definition) is 2. The molecule has 0 radical (unpaired) electrons. The molecule has 0 aromatic heterocycles. The Morgan fingerprint density at radius 1 is 1.24 bits per heavy atom. The van der Waals surface area contributed by atoms with Crippen LogP contribution in [0.1, 0.15) is 49.1 Å². The van der Waals surface area contributed by atoms with Crippen molar-refractivity contribution in [2.75, 3.05) is 6.54 Å². The molecule has 0 spiro atoms. The van der Waals surface area contributed by atoms with Crippen molar-refractivity contribution < 1.29 is 5.11 Å². The smallest absolute Gasteiger partial charge is 0.105 e. The first-order valence-electron chi connectivity index (χ1n) is 6.77. The van der Waals surface area contributed by atoms with E-state index in [2.05, 4.69) is 18.2 Å². The van der Waals surface area contributed by atoms with Crippen LogP contribution in [0.2, 0.25) is 0 Å². The minimum absolute atomic E-state index is 0.339. The molecule has 92 valence electrons. The summed E-state index contributed by atoms with van der Waals surface area (Å²) in [5.41, 5.74) is 7.45. The van der Waals surface area contributed by atoms with Crippen molar-refractivity contribution in [2.45, 2.75) is 43.6 Å². The molecule has 2 fully saturated rings. The first-order valence-corrected chi connectivity index (χ1v) is 6.77. The average molecular weight is 231 g/mol. The maximum Gasteiger partial charge on any atom is 0.105 e. The number of nitrogens with two attached hydrogens (primary N) is 1. The molecule has 3 rings (SSSR count). The molecule has 0 heterocycles. The van der Waals surface area contributed by atoms with Gasteiger partial charge in [-0.2, -0.15) is 0 Å². The Kier molecular flexibility index (Phi) is 2.72. The monoisotopic (exact) mass is 231 g/mol. The standard InChI is InChI=1S/C15H21NO/c16-10-15(17,13-7-8-13)14-6-2-5-12(9-14)11-3-1-4-11/h2,5-6,9,11,13,17H,1,3-4,7-8,10,16H2. The van der Waals surface area contributed by atoms with Crippen LogP contribution in [-0.2, 0) is 5.60 Å². The molecule has 2 aliphatic rings. The van der Waals surface area contributed by atoms with Crippen molar-refractivity contribution >= 4 is 0 Å². The van der Waals surface area contributed by atoms with E-state index in [-0.39, 0.29) is 0 Å². The van der Waals surface area contributed by atoms with Crippen molar-refractivity contribution in [2.24, 2.45) is 11.7 Å². The maximum absolute atomic E-state index is 10.7. The fourth-order valence-electron chi connectivity index (χ4n) is 2.88. The fourth-order valence-corrected chi connectivity index (χ4v) is 2.88. The molecular formula is C15H21NO. The van der Waals surface area contributed by atoms with E-state index in [0.29, 0.717) is 12.5 Å². The summed E-state index contributed by atoms with van der Waals surface area (Å²) >= 11 is 0. The summed E-state index contributed by atoms with van der Waals surface area (Å²) in [5.74, 6) is 1.10. The van der Waals surface area contributed by atoms with Crippen molar-refractivity contribution in [1.29, 1.82) is 0 Å². The third-order valence-corrected chi connectivity index (χ3v) is 4.53. The van der Waals surface area contributed by atoms with Gasteiger partial charge in [-0.05, 0) is 48.6 Å². The van der Waals surface area contributed by atoms with E-state index in [0.717, 1.165) is 24.3 Å². The summed E-state index contributed by atoms with van der Waals surface area (Å²) in [6, 6.07) is 8.49. The van der Waals surface area contributed by atoms with Crippen LogP contribution < -0.4 is 5.73 Å². The van der Waals surface area contributed by atoms with Gasteiger partial charge < -0.3 is 10.8 Å². The highest BCUT2D eigenvalue weighted by molar-refractivity contribution is 5.33. The van der Waals surface area contributed by atoms with Gasteiger partial charge in [-0.1, -0.05) is 30.7 Å². The first kappa shape index (κ1) is 11.2. The van der Waals surface area contributed by atoms with Crippen molar-refractivity contribution in [3.63, 3.8) is 0 Å². The Morgan fingerprint density at radius 2 is 2.00 bits per heavy atom. The normalized spacial score (nSPS) is 24.1. The number of aliphatic hydroxyl groups is 1. The molecule has 0 saturated heterocycles. The van der Waals surface area contributed by atoms with Gasteiger partial charge in [0.2, 0.25) is 0 Å². The Bertz CT molecular complexity index is 409. The fraction of sp³-hybridized carbons (Fsp3) is 0.600. The van der Waals surface area contributed by atoms with Gasteiger partial charge in [-0.15, -0.1) is 0 Å². The second kappa shape index (κ2) is 4.11. The van der Waals surface area contributed by atoms with E-state index in [9.17, 15) is 5.11 Å². The van der Waals surface area contributed by atoms with E-state index < -0.39 is 5.60 Å². The Balaban J connectivity index is 1.90. The molecule has 2 heteroatoms. The summed E-state index contributed by atoms with van der Waals surface area (Å²) in [6.45, 7) is 0.339. The minimum Gasteiger partial charge on any atom is -0.384 e. The summed E-state index contributed by atoms with van der Waals surface area (Å²) in [6.07, 6.45) is 6.17. The van der Waals surface area contributed by atoms with E-state index in [4.69, 9.17) is 5.73 Å². The molecule has 17 heavy (non-hydrogen) atoms. The highest BCUT2D eigenvalue weighted by atomic mass is 16.3. The van der Waals surface area contributed by atoms with Crippen LogP contribution in [0.4, 0.5) is 0 Å². The quantitative estimate of drug-likeness (QED) is 0.836. The summed E-state index contributed by atoms with van der Waals surface area (Å²) in [5, 5.41) is 10.7. The highest BCUT2D eigenvalue weighted by Gasteiger charge is 2.44. The molecule has 1 atom stereocenters. The molecule has 0 aliphatic heterocycles. The highest BCUT2D eigenvalue weighted by Crippen LogP contribution is 2.46. The van der Waals surface area contributed by atoms with E-state index in [1.807, 2.05) is 6.07 Å². The third-order valence-electron chi connectivity index (χ3n) is 4.53. The molecule has 2 aliphatic carbocycles. The lowest BCUT2D eigenvalue weighted by Gasteiger charge is -2.30.